The van der Waals surface area contributed by atoms with E-state index < -0.39 is 6.04 Å². The molecule has 3 atom stereocenters. The van der Waals surface area contributed by atoms with Crippen LogP contribution in [-0.4, -0.2) is 61.6 Å². The van der Waals surface area contributed by atoms with Gasteiger partial charge >= 0.3 is 0 Å². The van der Waals surface area contributed by atoms with E-state index in [9.17, 15) is 9.59 Å². The molecule has 1 aliphatic heterocycles. The van der Waals surface area contributed by atoms with Crippen LogP contribution in [0.3, 0.4) is 0 Å². The Kier molecular flexibility index (Phi) is 7.91. The monoisotopic (exact) mass is 435 g/mol. The fourth-order valence-electron chi connectivity index (χ4n) is 4.34. The lowest BCUT2D eigenvalue weighted by atomic mass is 10.1. The Balaban J connectivity index is 1.24. The summed E-state index contributed by atoms with van der Waals surface area (Å²) in [6.45, 7) is 3.21. The highest BCUT2D eigenvalue weighted by Crippen LogP contribution is 2.40. The number of rotatable bonds is 10. The predicted octanol–water partition coefficient (Wildman–Crippen LogP) is 2.96. The van der Waals surface area contributed by atoms with Gasteiger partial charge in [0.1, 0.15) is 6.04 Å². The number of ether oxygens (including phenoxy) is 1. The van der Waals surface area contributed by atoms with E-state index in [1.807, 2.05) is 23.1 Å². The summed E-state index contributed by atoms with van der Waals surface area (Å²) < 4.78 is 5.37. The van der Waals surface area contributed by atoms with Crippen molar-refractivity contribution in [1.29, 1.82) is 0 Å². The van der Waals surface area contributed by atoms with Crippen LogP contribution < -0.4 is 10.6 Å². The van der Waals surface area contributed by atoms with Crippen molar-refractivity contribution in [2.75, 3.05) is 32.8 Å². The predicted molar refractivity (Wildman–Crippen MR) is 125 cm³/mol. The number of hydrogen-bond acceptors (Lipinski definition) is 4. The van der Waals surface area contributed by atoms with Gasteiger partial charge in [-0.2, -0.15) is 0 Å². The normalized spacial score (nSPS) is 21.1. The zero-order valence-corrected chi connectivity index (χ0v) is 18.5. The molecule has 2 aromatic carbocycles. The Hall–Kier alpha value is -2.70. The van der Waals surface area contributed by atoms with E-state index in [0.717, 1.165) is 19.4 Å². The van der Waals surface area contributed by atoms with Gasteiger partial charge in [-0.05, 0) is 49.9 Å². The fraction of sp³-hybridized carbons (Fsp3) is 0.462. The van der Waals surface area contributed by atoms with Crippen LogP contribution in [0.4, 0.5) is 0 Å². The van der Waals surface area contributed by atoms with E-state index in [1.165, 1.54) is 12.0 Å². The van der Waals surface area contributed by atoms with Gasteiger partial charge in [0.15, 0.2) is 0 Å². The van der Waals surface area contributed by atoms with Crippen LogP contribution in [-0.2, 0) is 9.53 Å². The molecule has 1 heterocycles. The van der Waals surface area contributed by atoms with Crippen LogP contribution in [0.2, 0.25) is 0 Å². The lowest BCUT2D eigenvalue weighted by molar-refractivity contribution is -0.137. The number of nitrogens with one attached hydrogen (secondary N) is 2. The van der Waals surface area contributed by atoms with Crippen molar-refractivity contribution in [1.82, 2.24) is 15.5 Å². The molecule has 1 saturated heterocycles. The summed E-state index contributed by atoms with van der Waals surface area (Å²) in [4.78, 5) is 27.6. The number of carbonyl (C=O) groups excluding carboxylic acids is 2. The highest BCUT2D eigenvalue weighted by molar-refractivity contribution is 5.97. The average Bonchev–Trinajstić information content (AvgIpc) is 3.64. The molecule has 2 fully saturated rings. The molecule has 32 heavy (non-hydrogen) atoms. The van der Waals surface area contributed by atoms with Crippen molar-refractivity contribution >= 4 is 11.8 Å². The molecule has 6 heteroatoms. The molecule has 1 aliphatic carbocycles. The second kappa shape index (κ2) is 11.2. The zero-order valence-electron chi connectivity index (χ0n) is 18.5. The van der Waals surface area contributed by atoms with Crippen molar-refractivity contribution < 1.29 is 14.3 Å². The van der Waals surface area contributed by atoms with Gasteiger partial charge in [0.25, 0.3) is 5.91 Å². The largest absolute Gasteiger partial charge is 0.378 e. The molecule has 0 aromatic heterocycles. The van der Waals surface area contributed by atoms with E-state index >= 15 is 0 Å². The summed E-state index contributed by atoms with van der Waals surface area (Å²) in [6, 6.07) is 19.8. The van der Waals surface area contributed by atoms with Gasteiger partial charge in [-0.25, -0.2) is 0 Å². The van der Waals surface area contributed by atoms with E-state index in [4.69, 9.17) is 4.74 Å². The third-order valence-corrected chi connectivity index (χ3v) is 6.31. The minimum atomic E-state index is -0.501. The third-order valence-electron chi connectivity index (χ3n) is 6.31. The minimum Gasteiger partial charge on any atom is -0.378 e. The summed E-state index contributed by atoms with van der Waals surface area (Å²) in [7, 11) is 0. The number of hydrogen-bond donors (Lipinski definition) is 2. The van der Waals surface area contributed by atoms with Crippen LogP contribution in [0, 0.1) is 0 Å². The summed E-state index contributed by atoms with van der Waals surface area (Å²) in [5.74, 6) is 0.424. The first kappa shape index (κ1) is 22.5. The quantitative estimate of drug-likeness (QED) is 0.563. The molecule has 4 rings (SSSR count). The Morgan fingerprint density at radius 1 is 0.969 bits per heavy atom. The lowest BCUT2D eigenvalue weighted by Crippen LogP contribution is -2.51. The first-order valence-electron chi connectivity index (χ1n) is 11.7. The maximum Gasteiger partial charge on any atom is 0.251 e. The van der Waals surface area contributed by atoms with Crippen LogP contribution in [0.1, 0.15) is 47.5 Å². The summed E-state index contributed by atoms with van der Waals surface area (Å²) >= 11 is 0. The topological polar surface area (TPSA) is 70.7 Å². The standard InChI is InChI=1S/C26H33N3O3/c30-25(21-11-5-2-6-12-21)28-23(26(31)29-15-17-32-18-16-29)13-7-8-14-27-24-19-22(24)20-9-3-1-4-10-20/h1-6,9-12,22-24,27H,7-8,13-19H2,(H,28,30)/t22-,23?,24+/m0/s1. The van der Waals surface area contributed by atoms with Crippen LogP contribution in [0.25, 0.3) is 0 Å². The molecule has 1 saturated carbocycles. The summed E-state index contributed by atoms with van der Waals surface area (Å²) in [6.07, 6.45) is 3.69. The summed E-state index contributed by atoms with van der Waals surface area (Å²) in [5, 5.41) is 6.62. The minimum absolute atomic E-state index is 0.00289. The molecule has 0 radical (unpaired) electrons. The number of nitrogens with zero attached hydrogens (tertiary/aromatic N) is 1. The van der Waals surface area contributed by atoms with Gasteiger partial charge in [-0.3, -0.25) is 9.59 Å². The molecule has 1 unspecified atom stereocenters. The molecule has 2 aliphatic rings. The Labute approximate surface area is 190 Å². The van der Waals surface area contributed by atoms with E-state index in [-0.39, 0.29) is 11.8 Å². The molecular formula is C26H33N3O3. The van der Waals surface area contributed by atoms with Crippen molar-refractivity contribution in [3.05, 3.63) is 71.8 Å². The Morgan fingerprint density at radius 3 is 2.38 bits per heavy atom. The van der Waals surface area contributed by atoms with Crippen LogP contribution in [0.5, 0.6) is 0 Å². The highest BCUT2D eigenvalue weighted by Gasteiger charge is 2.37. The van der Waals surface area contributed by atoms with E-state index in [1.54, 1.807) is 12.1 Å². The van der Waals surface area contributed by atoms with Crippen molar-refractivity contribution in [2.24, 2.45) is 0 Å². The summed E-state index contributed by atoms with van der Waals surface area (Å²) in [5.41, 5.74) is 1.99. The van der Waals surface area contributed by atoms with Gasteiger partial charge in [0.05, 0.1) is 13.2 Å². The maximum atomic E-state index is 13.1. The molecule has 6 nitrogen and oxygen atoms in total. The molecule has 170 valence electrons. The first-order chi connectivity index (χ1) is 15.7. The van der Waals surface area contributed by atoms with E-state index in [0.29, 0.717) is 50.2 Å². The number of amides is 2. The Morgan fingerprint density at radius 2 is 1.66 bits per heavy atom. The van der Waals surface area contributed by atoms with Crippen LogP contribution in [0.15, 0.2) is 60.7 Å². The number of benzene rings is 2. The third kappa shape index (κ3) is 6.17. The molecule has 0 spiro atoms. The fourth-order valence-corrected chi connectivity index (χ4v) is 4.34. The maximum absolute atomic E-state index is 13.1. The smallest absolute Gasteiger partial charge is 0.251 e. The number of carbonyl (C=O) groups is 2. The van der Waals surface area contributed by atoms with Gasteiger partial charge in [0, 0.05) is 30.6 Å². The molecule has 2 aromatic rings. The zero-order chi connectivity index (χ0) is 22.2. The molecule has 2 N–H and O–H groups in total. The lowest BCUT2D eigenvalue weighted by Gasteiger charge is -2.30. The van der Waals surface area contributed by atoms with Crippen LogP contribution >= 0.6 is 0 Å². The SMILES string of the molecule is O=C(NC(CCCCN[C@@H]1C[C@H]1c1ccccc1)C(=O)N1CCOCC1)c1ccccc1. The van der Waals surface area contributed by atoms with Gasteiger partial charge in [0.2, 0.25) is 5.91 Å². The van der Waals surface area contributed by atoms with Gasteiger partial charge < -0.3 is 20.3 Å². The number of unbranched alkanes of at least 4 members (excludes halogenated alkanes) is 1. The van der Waals surface area contributed by atoms with Gasteiger partial charge in [-0.15, -0.1) is 0 Å². The Bertz CT molecular complexity index is 868. The van der Waals surface area contributed by atoms with Crippen molar-refractivity contribution in [2.45, 2.75) is 43.7 Å². The molecule has 2 amide bonds. The molecule has 0 bridgehead atoms. The first-order valence-corrected chi connectivity index (χ1v) is 11.7. The van der Waals surface area contributed by atoms with Crippen molar-refractivity contribution in [3.63, 3.8) is 0 Å². The van der Waals surface area contributed by atoms with E-state index in [2.05, 4.69) is 41.0 Å². The van der Waals surface area contributed by atoms with Gasteiger partial charge in [-0.1, -0.05) is 48.5 Å². The number of morpholine rings is 1. The highest BCUT2D eigenvalue weighted by atomic mass is 16.5. The second-order valence-corrected chi connectivity index (χ2v) is 8.64. The van der Waals surface area contributed by atoms with Crippen molar-refractivity contribution in [3.8, 4) is 0 Å². The molecular weight excluding hydrogens is 402 g/mol. The second-order valence-electron chi connectivity index (χ2n) is 8.64. The average molecular weight is 436 g/mol.